The van der Waals surface area contributed by atoms with Crippen LogP contribution in [0.1, 0.15) is 31.2 Å². The van der Waals surface area contributed by atoms with Gasteiger partial charge in [-0.2, -0.15) is 0 Å². The Labute approximate surface area is 103 Å². The highest BCUT2D eigenvalue weighted by molar-refractivity contribution is 5.36. The second-order valence-corrected chi connectivity index (χ2v) is 4.42. The number of benzene rings is 1. The molecule has 0 heterocycles. The SMILES string of the molecule is C=CCOC1(C#Cc2ccccc2)CCCC1. The lowest BCUT2D eigenvalue weighted by Crippen LogP contribution is -2.27. The van der Waals surface area contributed by atoms with Gasteiger partial charge in [0.1, 0.15) is 5.60 Å². The zero-order valence-electron chi connectivity index (χ0n) is 10.1. The van der Waals surface area contributed by atoms with Gasteiger partial charge >= 0.3 is 0 Å². The minimum absolute atomic E-state index is 0.232. The van der Waals surface area contributed by atoms with Crippen LogP contribution in [-0.2, 0) is 4.74 Å². The molecule has 0 spiro atoms. The molecule has 1 aromatic rings. The van der Waals surface area contributed by atoms with Crippen LogP contribution in [0.3, 0.4) is 0 Å². The second-order valence-electron chi connectivity index (χ2n) is 4.42. The molecule has 0 aliphatic heterocycles. The quantitative estimate of drug-likeness (QED) is 0.565. The van der Waals surface area contributed by atoms with E-state index in [1.807, 2.05) is 30.3 Å². The minimum Gasteiger partial charge on any atom is -0.358 e. The molecule has 0 unspecified atom stereocenters. The Kier molecular flexibility index (Phi) is 4.01. The van der Waals surface area contributed by atoms with Gasteiger partial charge in [-0.25, -0.2) is 0 Å². The van der Waals surface area contributed by atoms with Gasteiger partial charge < -0.3 is 4.74 Å². The smallest absolute Gasteiger partial charge is 0.129 e. The van der Waals surface area contributed by atoms with Crippen LogP contribution in [0.2, 0.25) is 0 Å². The highest BCUT2D eigenvalue weighted by atomic mass is 16.5. The monoisotopic (exact) mass is 226 g/mol. The molecule has 1 nitrogen and oxygen atoms in total. The lowest BCUT2D eigenvalue weighted by atomic mass is 10.0. The molecule has 1 aliphatic rings. The summed E-state index contributed by atoms with van der Waals surface area (Å²) in [5, 5.41) is 0. The van der Waals surface area contributed by atoms with E-state index in [0.717, 1.165) is 18.4 Å². The molecule has 0 saturated heterocycles. The normalized spacial score (nSPS) is 17.2. The van der Waals surface area contributed by atoms with Gasteiger partial charge in [-0.15, -0.1) is 6.58 Å². The van der Waals surface area contributed by atoms with Crippen molar-refractivity contribution in [1.29, 1.82) is 0 Å². The topological polar surface area (TPSA) is 9.23 Å². The van der Waals surface area contributed by atoms with Gasteiger partial charge in [0.15, 0.2) is 0 Å². The van der Waals surface area contributed by atoms with Crippen LogP contribution >= 0.6 is 0 Å². The third kappa shape index (κ3) is 3.22. The molecule has 1 aromatic carbocycles. The van der Waals surface area contributed by atoms with E-state index in [2.05, 4.69) is 18.4 Å². The van der Waals surface area contributed by atoms with Crippen molar-refractivity contribution in [1.82, 2.24) is 0 Å². The molecular formula is C16H18O. The van der Waals surface area contributed by atoms with E-state index in [4.69, 9.17) is 4.74 Å². The fraction of sp³-hybridized carbons (Fsp3) is 0.375. The summed E-state index contributed by atoms with van der Waals surface area (Å²) in [7, 11) is 0. The van der Waals surface area contributed by atoms with Crippen LogP contribution < -0.4 is 0 Å². The predicted octanol–water partition coefficient (Wildman–Crippen LogP) is 3.55. The first-order valence-corrected chi connectivity index (χ1v) is 6.18. The maximum absolute atomic E-state index is 5.87. The zero-order valence-corrected chi connectivity index (χ0v) is 10.1. The van der Waals surface area contributed by atoms with E-state index in [1.165, 1.54) is 12.8 Å². The van der Waals surface area contributed by atoms with Crippen molar-refractivity contribution in [2.75, 3.05) is 6.61 Å². The molecule has 88 valence electrons. The van der Waals surface area contributed by atoms with Crippen molar-refractivity contribution in [2.24, 2.45) is 0 Å². The molecular weight excluding hydrogens is 208 g/mol. The molecule has 1 heteroatoms. The predicted molar refractivity (Wildman–Crippen MR) is 70.7 cm³/mol. The summed E-state index contributed by atoms with van der Waals surface area (Å²) in [5.41, 5.74) is 0.824. The first-order valence-electron chi connectivity index (χ1n) is 6.18. The van der Waals surface area contributed by atoms with E-state index in [1.54, 1.807) is 6.08 Å². The van der Waals surface area contributed by atoms with Crippen LogP contribution in [0.15, 0.2) is 43.0 Å². The summed E-state index contributed by atoms with van der Waals surface area (Å²) < 4.78 is 5.87. The Bertz CT molecular complexity index is 416. The van der Waals surface area contributed by atoms with Gasteiger partial charge in [0.25, 0.3) is 0 Å². The van der Waals surface area contributed by atoms with Crippen LogP contribution in [0.25, 0.3) is 0 Å². The fourth-order valence-corrected chi connectivity index (χ4v) is 2.18. The maximum Gasteiger partial charge on any atom is 0.129 e. The van der Waals surface area contributed by atoms with E-state index in [-0.39, 0.29) is 5.60 Å². The summed E-state index contributed by atoms with van der Waals surface area (Å²) in [4.78, 5) is 0. The van der Waals surface area contributed by atoms with Crippen molar-refractivity contribution >= 4 is 0 Å². The van der Waals surface area contributed by atoms with Crippen LogP contribution in [0, 0.1) is 11.8 Å². The summed E-state index contributed by atoms with van der Waals surface area (Å²) >= 11 is 0. The maximum atomic E-state index is 5.87. The average Bonchev–Trinajstić information content (AvgIpc) is 2.85. The standard InChI is InChI=1S/C16H18O/c1-2-14-17-16(11-6-7-12-16)13-10-15-8-4-3-5-9-15/h2-5,8-9H,1,6-7,11-12,14H2. The highest BCUT2D eigenvalue weighted by Crippen LogP contribution is 2.32. The molecule has 0 aromatic heterocycles. The number of rotatable bonds is 3. The molecule has 0 amide bonds. The van der Waals surface area contributed by atoms with Crippen LogP contribution in [-0.4, -0.2) is 12.2 Å². The van der Waals surface area contributed by atoms with Crippen molar-refractivity contribution in [2.45, 2.75) is 31.3 Å². The molecule has 17 heavy (non-hydrogen) atoms. The second kappa shape index (κ2) is 5.70. The van der Waals surface area contributed by atoms with E-state index in [9.17, 15) is 0 Å². The lowest BCUT2D eigenvalue weighted by molar-refractivity contribution is 0.0226. The van der Waals surface area contributed by atoms with Crippen molar-refractivity contribution < 1.29 is 4.74 Å². The lowest BCUT2D eigenvalue weighted by Gasteiger charge is -2.22. The van der Waals surface area contributed by atoms with Crippen LogP contribution in [0.5, 0.6) is 0 Å². The first kappa shape index (κ1) is 12.0. The van der Waals surface area contributed by atoms with Gasteiger partial charge in [0.05, 0.1) is 6.61 Å². The first-order chi connectivity index (χ1) is 8.35. The number of hydrogen-bond donors (Lipinski definition) is 0. The Hall–Kier alpha value is -1.52. The van der Waals surface area contributed by atoms with E-state index in [0.29, 0.717) is 6.61 Å². The summed E-state index contributed by atoms with van der Waals surface area (Å²) in [6.07, 6.45) is 6.30. The Morgan fingerprint density at radius 3 is 2.59 bits per heavy atom. The molecule has 1 saturated carbocycles. The van der Waals surface area contributed by atoms with E-state index < -0.39 is 0 Å². The summed E-state index contributed by atoms with van der Waals surface area (Å²) in [5.74, 6) is 6.55. The molecule has 2 rings (SSSR count). The van der Waals surface area contributed by atoms with Gasteiger partial charge in [0.2, 0.25) is 0 Å². The molecule has 0 radical (unpaired) electrons. The molecule has 1 aliphatic carbocycles. The molecule has 0 N–H and O–H groups in total. The number of hydrogen-bond acceptors (Lipinski definition) is 1. The molecule has 0 bridgehead atoms. The molecule has 0 atom stereocenters. The summed E-state index contributed by atoms with van der Waals surface area (Å²) in [6.45, 7) is 4.28. The fourth-order valence-electron chi connectivity index (χ4n) is 2.18. The average molecular weight is 226 g/mol. The van der Waals surface area contributed by atoms with Gasteiger partial charge in [0, 0.05) is 5.56 Å². The Morgan fingerprint density at radius 2 is 1.94 bits per heavy atom. The van der Waals surface area contributed by atoms with Crippen molar-refractivity contribution in [3.8, 4) is 11.8 Å². The van der Waals surface area contributed by atoms with Gasteiger partial charge in [-0.05, 0) is 37.8 Å². The minimum atomic E-state index is -0.232. The molecule has 1 fully saturated rings. The zero-order chi connectivity index (χ0) is 12.0. The number of ether oxygens (including phenoxy) is 1. The van der Waals surface area contributed by atoms with Crippen molar-refractivity contribution in [3.63, 3.8) is 0 Å². The highest BCUT2D eigenvalue weighted by Gasteiger charge is 2.32. The largest absolute Gasteiger partial charge is 0.358 e. The Morgan fingerprint density at radius 1 is 1.24 bits per heavy atom. The third-order valence-corrected chi connectivity index (χ3v) is 3.10. The third-order valence-electron chi connectivity index (χ3n) is 3.10. The Balaban J connectivity index is 2.13. The van der Waals surface area contributed by atoms with Gasteiger partial charge in [-0.1, -0.05) is 36.1 Å². The van der Waals surface area contributed by atoms with Gasteiger partial charge in [-0.3, -0.25) is 0 Å². The summed E-state index contributed by atoms with van der Waals surface area (Å²) in [6, 6.07) is 10.1. The van der Waals surface area contributed by atoms with Crippen molar-refractivity contribution in [3.05, 3.63) is 48.6 Å². The van der Waals surface area contributed by atoms with Crippen LogP contribution in [0.4, 0.5) is 0 Å². The van der Waals surface area contributed by atoms with E-state index >= 15 is 0 Å².